The first-order chi connectivity index (χ1) is 5.29. The number of aromatic nitrogens is 1. The minimum atomic E-state index is 0.208. The van der Waals surface area contributed by atoms with Crippen molar-refractivity contribution in [2.75, 3.05) is 6.79 Å². The summed E-state index contributed by atoms with van der Waals surface area (Å²) in [5.41, 5.74) is 0. The van der Waals surface area contributed by atoms with Crippen LogP contribution in [-0.4, -0.2) is 11.8 Å². The van der Waals surface area contributed by atoms with E-state index in [-0.39, 0.29) is 6.79 Å². The van der Waals surface area contributed by atoms with Gasteiger partial charge in [-0.2, -0.15) is 0 Å². The average molecular weight is 236 g/mol. The lowest BCUT2D eigenvalue weighted by Crippen LogP contribution is -1.93. The molecule has 0 saturated carbocycles. The van der Waals surface area contributed by atoms with E-state index in [4.69, 9.17) is 21.1 Å². The number of nitrogens with zero attached hydrogens (tertiary/aromatic N) is 1. The van der Waals surface area contributed by atoms with E-state index in [1.54, 1.807) is 6.20 Å². The third-order valence-corrected chi connectivity index (χ3v) is 2.14. The number of rotatable bonds is 0. The summed E-state index contributed by atoms with van der Waals surface area (Å²) in [6, 6.07) is 0. The zero-order valence-electron chi connectivity index (χ0n) is 5.30. The van der Waals surface area contributed by atoms with Crippen molar-refractivity contribution in [2.45, 2.75) is 0 Å². The summed E-state index contributed by atoms with van der Waals surface area (Å²) >= 11 is 8.96. The highest BCUT2D eigenvalue weighted by atomic mass is 79.9. The lowest BCUT2D eigenvalue weighted by atomic mass is 10.4. The number of fused-ring (bicyclic) bond motifs is 1. The highest BCUT2D eigenvalue weighted by Crippen LogP contribution is 2.42. The zero-order chi connectivity index (χ0) is 7.84. The molecular weight excluding hydrogens is 233 g/mol. The molecule has 0 aromatic carbocycles. The molecule has 0 saturated heterocycles. The molecule has 3 nitrogen and oxygen atoms in total. The quantitative estimate of drug-likeness (QED) is 0.647. The Balaban J connectivity index is 2.64. The van der Waals surface area contributed by atoms with E-state index in [1.807, 2.05) is 0 Å². The molecule has 1 aromatic heterocycles. The molecule has 1 aliphatic rings. The van der Waals surface area contributed by atoms with Gasteiger partial charge in [0.25, 0.3) is 0 Å². The number of ether oxygens (including phenoxy) is 2. The maximum atomic E-state index is 5.70. The van der Waals surface area contributed by atoms with Gasteiger partial charge in [0.1, 0.15) is 0 Å². The molecule has 1 aromatic rings. The van der Waals surface area contributed by atoms with Gasteiger partial charge in [-0.05, 0) is 15.9 Å². The Morgan fingerprint density at radius 2 is 2.18 bits per heavy atom. The van der Waals surface area contributed by atoms with Gasteiger partial charge < -0.3 is 9.47 Å². The van der Waals surface area contributed by atoms with Crippen LogP contribution >= 0.6 is 27.5 Å². The summed E-state index contributed by atoms with van der Waals surface area (Å²) in [7, 11) is 0. The molecule has 1 aliphatic heterocycles. The van der Waals surface area contributed by atoms with Crippen molar-refractivity contribution in [3.8, 4) is 11.5 Å². The second kappa shape index (κ2) is 2.53. The van der Waals surface area contributed by atoms with Gasteiger partial charge >= 0.3 is 0 Å². The van der Waals surface area contributed by atoms with Crippen molar-refractivity contribution in [1.29, 1.82) is 0 Å². The predicted molar refractivity (Wildman–Crippen MR) is 43.1 cm³/mol. The van der Waals surface area contributed by atoms with Crippen molar-refractivity contribution >= 4 is 27.5 Å². The number of hydrogen-bond donors (Lipinski definition) is 0. The van der Waals surface area contributed by atoms with Crippen molar-refractivity contribution < 1.29 is 9.47 Å². The Bertz CT molecular complexity index is 276. The van der Waals surface area contributed by atoms with Crippen LogP contribution in [0.1, 0.15) is 0 Å². The monoisotopic (exact) mass is 235 g/mol. The fraction of sp³-hybridized carbons (Fsp3) is 0.167. The van der Waals surface area contributed by atoms with Crippen LogP contribution in [0.5, 0.6) is 11.5 Å². The average Bonchev–Trinajstić information content (AvgIpc) is 2.45. The van der Waals surface area contributed by atoms with Gasteiger partial charge in [0.15, 0.2) is 10.9 Å². The summed E-state index contributed by atoms with van der Waals surface area (Å²) in [5.74, 6) is 1.14. The van der Waals surface area contributed by atoms with Gasteiger partial charge in [-0.1, -0.05) is 11.6 Å². The Kier molecular flexibility index (Phi) is 1.65. The van der Waals surface area contributed by atoms with Crippen molar-refractivity contribution in [1.82, 2.24) is 4.98 Å². The van der Waals surface area contributed by atoms with E-state index < -0.39 is 0 Å². The fourth-order valence-corrected chi connectivity index (χ4v) is 1.43. The number of hydrogen-bond acceptors (Lipinski definition) is 3. The third kappa shape index (κ3) is 1.06. The van der Waals surface area contributed by atoms with Crippen LogP contribution in [0.2, 0.25) is 5.15 Å². The van der Waals surface area contributed by atoms with Crippen molar-refractivity contribution in [3.63, 3.8) is 0 Å². The van der Waals surface area contributed by atoms with Crippen LogP contribution in [0.3, 0.4) is 0 Å². The SMILES string of the molecule is Clc1ncc(Br)c2c1OCO2. The van der Waals surface area contributed by atoms with Crippen LogP contribution in [-0.2, 0) is 0 Å². The molecule has 2 heterocycles. The van der Waals surface area contributed by atoms with Gasteiger partial charge in [0.2, 0.25) is 12.5 Å². The van der Waals surface area contributed by atoms with Crippen LogP contribution < -0.4 is 9.47 Å². The maximum absolute atomic E-state index is 5.70. The zero-order valence-corrected chi connectivity index (χ0v) is 7.65. The van der Waals surface area contributed by atoms with Crippen molar-refractivity contribution in [3.05, 3.63) is 15.8 Å². The Morgan fingerprint density at radius 1 is 1.45 bits per heavy atom. The lowest BCUT2D eigenvalue weighted by Gasteiger charge is -1.98. The minimum Gasteiger partial charge on any atom is -0.452 e. The largest absolute Gasteiger partial charge is 0.452 e. The van der Waals surface area contributed by atoms with E-state index in [0.717, 1.165) is 4.47 Å². The van der Waals surface area contributed by atoms with E-state index in [1.165, 1.54) is 0 Å². The molecule has 58 valence electrons. The standard InChI is InChI=1S/C6H3BrClNO2/c7-3-1-9-6(8)5-4(3)10-2-11-5/h1H,2H2. The topological polar surface area (TPSA) is 31.4 Å². The maximum Gasteiger partial charge on any atom is 0.231 e. The highest BCUT2D eigenvalue weighted by molar-refractivity contribution is 9.10. The summed E-state index contributed by atoms with van der Waals surface area (Å²) in [5, 5.41) is 0.334. The minimum absolute atomic E-state index is 0.208. The van der Waals surface area contributed by atoms with E-state index >= 15 is 0 Å². The molecule has 5 heteroatoms. The molecule has 0 bridgehead atoms. The summed E-state index contributed by atoms with van der Waals surface area (Å²) < 4.78 is 10.9. The van der Waals surface area contributed by atoms with E-state index in [2.05, 4.69) is 20.9 Å². The molecule has 11 heavy (non-hydrogen) atoms. The Morgan fingerprint density at radius 3 is 2.91 bits per heavy atom. The van der Waals surface area contributed by atoms with Gasteiger partial charge in [0, 0.05) is 6.20 Å². The van der Waals surface area contributed by atoms with E-state index in [0.29, 0.717) is 16.7 Å². The summed E-state index contributed by atoms with van der Waals surface area (Å²) in [6.45, 7) is 0.208. The van der Waals surface area contributed by atoms with Gasteiger partial charge in [-0.3, -0.25) is 0 Å². The van der Waals surface area contributed by atoms with Gasteiger partial charge in [-0.25, -0.2) is 4.98 Å². The first-order valence-corrected chi connectivity index (χ1v) is 4.06. The first-order valence-electron chi connectivity index (χ1n) is 2.88. The third-order valence-electron chi connectivity index (χ3n) is 1.31. The molecule has 0 amide bonds. The molecule has 0 N–H and O–H groups in total. The summed E-state index contributed by atoms with van der Waals surface area (Å²) in [4.78, 5) is 3.86. The first kappa shape index (κ1) is 7.18. The summed E-state index contributed by atoms with van der Waals surface area (Å²) in [6.07, 6.45) is 1.58. The van der Waals surface area contributed by atoms with Crippen molar-refractivity contribution in [2.24, 2.45) is 0 Å². The Labute approximate surface area is 76.4 Å². The second-order valence-electron chi connectivity index (χ2n) is 1.96. The predicted octanol–water partition coefficient (Wildman–Crippen LogP) is 2.23. The van der Waals surface area contributed by atoms with Crippen LogP contribution in [0, 0.1) is 0 Å². The lowest BCUT2D eigenvalue weighted by molar-refractivity contribution is 0.173. The van der Waals surface area contributed by atoms with Crippen LogP contribution in [0.4, 0.5) is 0 Å². The van der Waals surface area contributed by atoms with Gasteiger partial charge in [-0.15, -0.1) is 0 Å². The molecule has 0 atom stereocenters. The molecule has 0 aliphatic carbocycles. The number of halogens is 2. The molecule has 0 fully saturated rings. The smallest absolute Gasteiger partial charge is 0.231 e. The number of pyridine rings is 1. The normalized spacial score (nSPS) is 13.6. The van der Waals surface area contributed by atoms with Gasteiger partial charge in [0.05, 0.1) is 4.47 Å². The van der Waals surface area contributed by atoms with Crippen LogP contribution in [0.15, 0.2) is 10.7 Å². The molecule has 0 radical (unpaired) electrons. The molecular formula is C6H3BrClNO2. The van der Waals surface area contributed by atoms with Crippen LogP contribution in [0.25, 0.3) is 0 Å². The van der Waals surface area contributed by atoms with E-state index in [9.17, 15) is 0 Å². The Hall–Kier alpha value is -0.480. The highest BCUT2D eigenvalue weighted by Gasteiger charge is 2.20. The molecule has 2 rings (SSSR count). The second-order valence-corrected chi connectivity index (χ2v) is 3.17. The fourth-order valence-electron chi connectivity index (χ4n) is 0.840. The molecule has 0 spiro atoms. The molecule has 0 unspecified atom stereocenters.